The lowest BCUT2D eigenvalue weighted by molar-refractivity contribution is -0.179. The molecular weight excluding hydrogens is 543 g/mol. The lowest BCUT2D eigenvalue weighted by atomic mass is 9.96. The third-order valence-electron chi connectivity index (χ3n) is 3.90. The standard InChI is InChI=1S/C16H19O20P/c17-6(12(25)35-10(23)4-15(30,13(26)27)2-7(18)19)1-9(22)34-11(24)5-16(14(28)29,3-8(20)21)36-37(31,32)33/h6,17,30H,1-5H2,(H,18,19)(H,20,21)(H,26,27)(H,28,29)(H2,31,32,33). The molecule has 208 valence electrons. The SMILES string of the molecule is O=C(O)CC(O)(CC(=O)OC(=O)C(O)CC(=O)OC(=O)CC(CC(=O)O)(OP(=O)(O)O)C(=O)O)C(=O)O. The lowest BCUT2D eigenvalue weighted by Gasteiger charge is -2.26. The number of ether oxygens (including phenoxy) is 2. The summed E-state index contributed by atoms with van der Waals surface area (Å²) in [7, 11) is -5.72. The molecule has 0 aliphatic heterocycles. The largest absolute Gasteiger partial charge is 0.481 e. The molecule has 37 heavy (non-hydrogen) atoms. The molecule has 0 aromatic rings. The Morgan fingerprint density at radius 2 is 1.19 bits per heavy atom. The molecule has 0 spiro atoms. The average molecular weight is 562 g/mol. The zero-order valence-corrected chi connectivity index (χ0v) is 18.9. The van der Waals surface area contributed by atoms with Gasteiger partial charge in [-0.3, -0.25) is 28.5 Å². The summed E-state index contributed by atoms with van der Waals surface area (Å²) in [5.74, 6) is -16.0. The predicted octanol–water partition coefficient (Wildman–Crippen LogP) is -3.64. The highest BCUT2D eigenvalue weighted by molar-refractivity contribution is 7.46. The Morgan fingerprint density at radius 1 is 0.703 bits per heavy atom. The maximum Gasteiger partial charge on any atom is 0.470 e. The van der Waals surface area contributed by atoms with Crippen molar-refractivity contribution in [2.45, 2.75) is 49.4 Å². The van der Waals surface area contributed by atoms with Gasteiger partial charge in [0.05, 0.1) is 32.1 Å². The van der Waals surface area contributed by atoms with Gasteiger partial charge in [-0.2, -0.15) is 0 Å². The Morgan fingerprint density at radius 3 is 1.59 bits per heavy atom. The molecule has 3 unspecified atom stereocenters. The zero-order chi connectivity index (χ0) is 29.4. The highest BCUT2D eigenvalue weighted by atomic mass is 31.2. The van der Waals surface area contributed by atoms with E-state index in [9.17, 15) is 53.1 Å². The normalized spacial score (nSPS) is 15.2. The number of carbonyl (C=O) groups is 8. The molecule has 0 fully saturated rings. The Bertz CT molecular complexity index is 1030. The Kier molecular flexibility index (Phi) is 11.6. The Hall–Kier alpha value is -3.81. The zero-order valence-electron chi connectivity index (χ0n) is 18.0. The number of esters is 4. The van der Waals surface area contributed by atoms with Crippen molar-refractivity contribution in [3.63, 3.8) is 0 Å². The van der Waals surface area contributed by atoms with Gasteiger partial charge in [0.1, 0.15) is 0 Å². The van der Waals surface area contributed by atoms with Gasteiger partial charge in [-0.05, 0) is 0 Å². The molecular formula is C16H19O20P. The van der Waals surface area contributed by atoms with Crippen LogP contribution in [0.1, 0.15) is 32.1 Å². The molecule has 0 aliphatic rings. The van der Waals surface area contributed by atoms with Crippen LogP contribution in [0.4, 0.5) is 0 Å². The highest BCUT2D eigenvalue weighted by Crippen LogP contribution is 2.44. The fourth-order valence-corrected chi connectivity index (χ4v) is 3.05. The van der Waals surface area contributed by atoms with E-state index >= 15 is 0 Å². The first kappa shape index (κ1) is 33.2. The second-order valence-electron chi connectivity index (χ2n) is 7.07. The minimum atomic E-state index is -5.72. The van der Waals surface area contributed by atoms with E-state index in [2.05, 4.69) is 14.0 Å². The molecule has 0 aromatic carbocycles. The second-order valence-corrected chi connectivity index (χ2v) is 8.24. The third-order valence-corrected chi connectivity index (χ3v) is 4.49. The van der Waals surface area contributed by atoms with Crippen LogP contribution in [-0.2, 0) is 56.9 Å². The third kappa shape index (κ3) is 11.6. The number of phosphoric acid groups is 1. The van der Waals surface area contributed by atoms with E-state index in [4.69, 9.17) is 30.2 Å². The van der Waals surface area contributed by atoms with Crippen molar-refractivity contribution in [2.75, 3.05) is 0 Å². The van der Waals surface area contributed by atoms with E-state index in [-0.39, 0.29) is 0 Å². The number of hydrogen-bond acceptors (Lipinski definition) is 14. The minimum absolute atomic E-state index is 1.49. The lowest BCUT2D eigenvalue weighted by Crippen LogP contribution is -2.45. The van der Waals surface area contributed by atoms with Gasteiger partial charge in [-0.1, -0.05) is 0 Å². The molecule has 20 nitrogen and oxygen atoms in total. The molecule has 0 bridgehead atoms. The number of aliphatic hydroxyl groups excluding tert-OH is 1. The van der Waals surface area contributed by atoms with E-state index in [0.29, 0.717) is 0 Å². The van der Waals surface area contributed by atoms with Gasteiger partial charge in [0.15, 0.2) is 17.3 Å². The van der Waals surface area contributed by atoms with Crippen molar-refractivity contribution in [3.05, 3.63) is 0 Å². The van der Waals surface area contributed by atoms with Crippen LogP contribution in [0.5, 0.6) is 0 Å². The van der Waals surface area contributed by atoms with Gasteiger partial charge >= 0.3 is 55.6 Å². The molecule has 0 saturated carbocycles. The van der Waals surface area contributed by atoms with Crippen molar-refractivity contribution < 1.29 is 97.3 Å². The number of hydrogen-bond donors (Lipinski definition) is 8. The average Bonchev–Trinajstić information content (AvgIpc) is 2.64. The monoisotopic (exact) mass is 562 g/mol. The molecule has 0 aromatic heterocycles. The molecule has 21 heteroatoms. The van der Waals surface area contributed by atoms with Crippen LogP contribution in [0.15, 0.2) is 0 Å². The summed E-state index contributed by atoms with van der Waals surface area (Å²) in [6, 6.07) is 0. The Balaban J connectivity index is 5.24. The summed E-state index contributed by atoms with van der Waals surface area (Å²) in [5.41, 5.74) is -6.62. The van der Waals surface area contributed by atoms with Gasteiger partial charge in [-0.15, -0.1) is 0 Å². The first-order valence-corrected chi connectivity index (χ1v) is 10.7. The Labute approximate surface area is 203 Å². The van der Waals surface area contributed by atoms with Crippen LogP contribution >= 0.6 is 7.82 Å². The number of aliphatic carboxylic acids is 4. The van der Waals surface area contributed by atoms with E-state index in [0.717, 1.165) is 0 Å². The summed E-state index contributed by atoms with van der Waals surface area (Å²) in [4.78, 5) is 108. The predicted molar refractivity (Wildman–Crippen MR) is 103 cm³/mol. The number of carboxylic acid groups (broad SMARTS) is 4. The van der Waals surface area contributed by atoms with E-state index in [1.165, 1.54) is 0 Å². The van der Waals surface area contributed by atoms with Crippen molar-refractivity contribution in [3.8, 4) is 0 Å². The van der Waals surface area contributed by atoms with Crippen molar-refractivity contribution in [1.29, 1.82) is 0 Å². The molecule has 0 saturated heterocycles. The fourth-order valence-electron chi connectivity index (χ4n) is 2.39. The molecule has 0 amide bonds. The number of rotatable bonds is 15. The smallest absolute Gasteiger partial charge is 0.470 e. The molecule has 0 radical (unpaired) electrons. The molecule has 0 rings (SSSR count). The quantitative estimate of drug-likeness (QED) is 0.0541. The van der Waals surface area contributed by atoms with E-state index < -0.39 is 105 Å². The summed E-state index contributed by atoms with van der Waals surface area (Å²) >= 11 is 0. The van der Waals surface area contributed by atoms with Crippen LogP contribution in [-0.4, -0.2) is 105 Å². The number of aliphatic hydroxyl groups is 2. The topological polar surface area (TPSA) is 343 Å². The van der Waals surface area contributed by atoms with Gasteiger partial charge in [-0.25, -0.2) is 18.9 Å². The summed E-state index contributed by atoms with van der Waals surface area (Å²) < 4.78 is 22.9. The first-order valence-electron chi connectivity index (χ1n) is 9.17. The van der Waals surface area contributed by atoms with Crippen LogP contribution in [0.2, 0.25) is 0 Å². The van der Waals surface area contributed by atoms with Crippen LogP contribution in [0.25, 0.3) is 0 Å². The van der Waals surface area contributed by atoms with Crippen LogP contribution in [0.3, 0.4) is 0 Å². The van der Waals surface area contributed by atoms with Crippen LogP contribution < -0.4 is 0 Å². The number of carboxylic acids is 4. The summed E-state index contributed by atoms with van der Waals surface area (Å²) in [5, 5.41) is 54.6. The molecule has 8 N–H and O–H groups in total. The molecule has 3 atom stereocenters. The second kappa shape index (κ2) is 12.9. The van der Waals surface area contributed by atoms with E-state index in [1.807, 2.05) is 0 Å². The van der Waals surface area contributed by atoms with Gasteiger partial charge in [0, 0.05) is 0 Å². The van der Waals surface area contributed by atoms with E-state index in [1.54, 1.807) is 0 Å². The summed E-state index contributed by atoms with van der Waals surface area (Å²) in [6.07, 6.45) is -10.6. The molecule has 0 heterocycles. The first-order chi connectivity index (χ1) is 16.6. The number of carbonyl (C=O) groups excluding carboxylic acids is 4. The summed E-state index contributed by atoms with van der Waals surface area (Å²) in [6.45, 7) is 0. The van der Waals surface area contributed by atoms with Gasteiger partial charge in [0.25, 0.3) is 0 Å². The highest BCUT2D eigenvalue weighted by Gasteiger charge is 2.50. The van der Waals surface area contributed by atoms with Crippen LogP contribution in [0, 0.1) is 0 Å². The van der Waals surface area contributed by atoms with Gasteiger partial charge in [0.2, 0.25) is 0 Å². The fraction of sp³-hybridized carbons (Fsp3) is 0.500. The van der Waals surface area contributed by atoms with Gasteiger partial charge < -0.3 is 49.9 Å². The minimum Gasteiger partial charge on any atom is -0.481 e. The maximum absolute atomic E-state index is 11.9. The van der Waals surface area contributed by atoms with Crippen molar-refractivity contribution >= 4 is 55.6 Å². The van der Waals surface area contributed by atoms with Crippen molar-refractivity contribution in [1.82, 2.24) is 0 Å². The molecule has 0 aliphatic carbocycles. The number of phosphoric ester groups is 1. The van der Waals surface area contributed by atoms with Crippen molar-refractivity contribution in [2.24, 2.45) is 0 Å². The maximum atomic E-state index is 11.9.